The molecule has 0 aliphatic rings. The van der Waals surface area contributed by atoms with Gasteiger partial charge in [0.15, 0.2) is 0 Å². The molecule has 0 unspecified atom stereocenters. The highest BCUT2D eigenvalue weighted by Crippen LogP contribution is 2.35. The first-order valence-electron chi connectivity index (χ1n) is 15.9. The molecule has 6 aromatic rings. The van der Waals surface area contributed by atoms with Gasteiger partial charge in [-0.15, -0.1) is 0 Å². The molecule has 0 saturated carbocycles. The Hall–Kier alpha value is -6.13. The summed E-state index contributed by atoms with van der Waals surface area (Å²) in [4.78, 5) is 0. The largest absolute Gasteiger partial charge is 0.456 e. The highest BCUT2D eigenvalue weighted by atomic mass is 32.3. The minimum absolute atomic E-state index is 0. The maximum atomic E-state index is 8.74. The number of benzene rings is 6. The van der Waals surface area contributed by atoms with Gasteiger partial charge >= 0.3 is 10.4 Å². The summed E-state index contributed by atoms with van der Waals surface area (Å²) in [5, 5.41) is 0. The van der Waals surface area contributed by atoms with Crippen LogP contribution in [-0.4, -0.2) is 17.5 Å². The Labute approximate surface area is 306 Å². The van der Waals surface area contributed by atoms with Gasteiger partial charge in [-0.3, -0.25) is 9.11 Å². The Bertz CT molecular complexity index is 2050. The molecule has 6 rings (SSSR count). The van der Waals surface area contributed by atoms with Crippen molar-refractivity contribution >= 4 is 59.0 Å². The van der Waals surface area contributed by atoms with Crippen LogP contribution in [0.2, 0.25) is 0 Å². The standard InChI is InChI=1S/C44H34O.2H3N.H2O4S/c1-5-15-35(16-6-1)27-31-39-23-13-25-43(41(39)33-29-37-19-9-3-10-20-37)45-44-26-14-24-40(32-28-36-17-7-2-8-18-36)42(44)34-30-38-21-11-4-12-22-38;;;1-5(2,3)4/h1-34H;2*1H3;(H2,1,2,3,4). The van der Waals surface area contributed by atoms with E-state index in [0.29, 0.717) is 0 Å². The minimum atomic E-state index is -4.67. The summed E-state index contributed by atoms with van der Waals surface area (Å²) in [7, 11) is -4.67. The quantitative estimate of drug-likeness (QED) is 0.0814. The van der Waals surface area contributed by atoms with E-state index in [9.17, 15) is 0 Å². The molecule has 0 aliphatic carbocycles. The van der Waals surface area contributed by atoms with Crippen molar-refractivity contribution in [3.63, 3.8) is 0 Å². The molecule has 0 aromatic heterocycles. The molecule has 0 saturated heterocycles. The van der Waals surface area contributed by atoms with E-state index in [1.54, 1.807) is 0 Å². The Morgan fingerprint density at radius 2 is 0.635 bits per heavy atom. The molecule has 8 heteroatoms. The van der Waals surface area contributed by atoms with Gasteiger partial charge in [-0.2, -0.15) is 8.42 Å². The number of hydrogen-bond acceptors (Lipinski definition) is 5. The van der Waals surface area contributed by atoms with Crippen LogP contribution in [0.1, 0.15) is 44.5 Å². The van der Waals surface area contributed by atoms with E-state index in [1.807, 2.05) is 36.4 Å². The van der Waals surface area contributed by atoms with Gasteiger partial charge in [0.05, 0.1) is 0 Å². The maximum Gasteiger partial charge on any atom is 0.394 e. The maximum absolute atomic E-state index is 8.74. The van der Waals surface area contributed by atoms with Crippen molar-refractivity contribution in [2.24, 2.45) is 0 Å². The van der Waals surface area contributed by atoms with Gasteiger partial charge in [-0.05, 0) is 45.5 Å². The van der Waals surface area contributed by atoms with E-state index in [1.165, 1.54) is 0 Å². The van der Waals surface area contributed by atoms with Crippen molar-refractivity contribution in [3.8, 4) is 11.5 Å². The van der Waals surface area contributed by atoms with Gasteiger partial charge in [0.25, 0.3) is 0 Å². The van der Waals surface area contributed by atoms with Crippen LogP contribution in [0, 0.1) is 0 Å². The lowest BCUT2D eigenvalue weighted by atomic mass is 10.0. The molecule has 0 heterocycles. The molecule has 0 bridgehead atoms. The summed E-state index contributed by atoms with van der Waals surface area (Å²) in [6, 6.07) is 53.9. The molecule has 0 radical (unpaired) electrons. The Morgan fingerprint density at radius 1 is 0.365 bits per heavy atom. The molecule has 0 atom stereocenters. The van der Waals surface area contributed by atoms with E-state index >= 15 is 0 Å². The van der Waals surface area contributed by atoms with Crippen LogP contribution in [0.5, 0.6) is 11.5 Å². The zero-order chi connectivity index (χ0) is 35.0. The zero-order valence-electron chi connectivity index (χ0n) is 28.6. The summed E-state index contributed by atoms with van der Waals surface area (Å²) in [6.45, 7) is 0. The van der Waals surface area contributed by atoms with Crippen LogP contribution < -0.4 is 17.0 Å². The third kappa shape index (κ3) is 13.3. The molecule has 0 fully saturated rings. The molecule has 7 nitrogen and oxygen atoms in total. The van der Waals surface area contributed by atoms with Gasteiger partial charge in [0, 0.05) is 11.1 Å². The lowest BCUT2D eigenvalue weighted by Gasteiger charge is -2.15. The van der Waals surface area contributed by atoms with Crippen LogP contribution in [-0.2, 0) is 10.4 Å². The van der Waals surface area contributed by atoms with E-state index in [0.717, 1.165) is 56.0 Å². The summed E-state index contributed by atoms with van der Waals surface area (Å²) < 4.78 is 38.4. The van der Waals surface area contributed by atoms with E-state index in [-0.39, 0.29) is 12.3 Å². The fourth-order valence-electron chi connectivity index (χ4n) is 5.05. The highest BCUT2D eigenvalue weighted by molar-refractivity contribution is 7.79. The predicted molar refractivity (Wildman–Crippen MR) is 219 cm³/mol. The molecular formula is C44H42N2O5S. The van der Waals surface area contributed by atoms with Crippen molar-refractivity contribution in [3.05, 3.63) is 202 Å². The first kappa shape index (κ1) is 40.3. The third-order valence-electron chi connectivity index (χ3n) is 7.41. The van der Waals surface area contributed by atoms with Gasteiger partial charge in [0.1, 0.15) is 11.5 Å². The van der Waals surface area contributed by atoms with E-state index in [2.05, 4.69) is 170 Å². The number of ether oxygens (including phenoxy) is 1. The summed E-state index contributed by atoms with van der Waals surface area (Å²) in [6.07, 6.45) is 17.2. The first-order chi connectivity index (χ1) is 24.3. The molecule has 8 N–H and O–H groups in total. The Kier molecular flexibility index (Phi) is 15.9. The van der Waals surface area contributed by atoms with Crippen LogP contribution in [0.4, 0.5) is 0 Å². The third-order valence-corrected chi connectivity index (χ3v) is 7.41. The van der Waals surface area contributed by atoms with Gasteiger partial charge < -0.3 is 17.0 Å². The number of rotatable bonds is 10. The summed E-state index contributed by atoms with van der Waals surface area (Å²) in [5.74, 6) is 1.58. The summed E-state index contributed by atoms with van der Waals surface area (Å²) in [5.41, 5.74) is 8.72. The second-order valence-electron chi connectivity index (χ2n) is 11.0. The van der Waals surface area contributed by atoms with Gasteiger partial charge in [-0.1, -0.05) is 194 Å². The molecule has 0 spiro atoms. The van der Waals surface area contributed by atoms with Gasteiger partial charge in [0.2, 0.25) is 0 Å². The average molecular weight is 711 g/mol. The summed E-state index contributed by atoms with van der Waals surface area (Å²) >= 11 is 0. The normalized spacial score (nSPS) is 11.2. The second-order valence-corrected chi connectivity index (χ2v) is 11.9. The Morgan fingerprint density at radius 3 is 0.923 bits per heavy atom. The Balaban J connectivity index is 0.000000976. The first-order valence-corrected chi connectivity index (χ1v) is 17.3. The van der Waals surface area contributed by atoms with Gasteiger partial charge in [-0.25, -0.2) is 0 Å². The van der Waals surface area contributed by atoms with Crippen LogP contribution in [0.25, 0.3) is 48.6 Å². The minimum Gasteiger partial charge on any atom is -0.456 e. The van der Waals surface area contributed by atoms with Crippen molar-refractivity contribution in [1.82, 2.24) is 12.3 Å². The molecule has 0 aliphatic heterocycles. The molecule has 0 amide bonds. The lowest BCUT2D eigenvalue weighted by molar-refractivity contribution is 0.381. The van der Waals surface area contributed by atoms with Crippen molar-refractivity contribution in [1.29, 1.82) is 0 Å². The fraction of sp³-hybridized carbons (Fsp3) is 0. The second kappa shape index (κ2) is 20.5. The molecule has 264 valence electrons. The molecule has 6 aromatic carbocycles. The molecular weight excluding hydrogens is 669 g/mol. The molecule has 52 heavy (non-hydrogen) atoms. The average Bonchev–Trinajstić information content (AvgIpc) is 3.13. The van der Waals surface area contributed by atoms with Crippen LogP contribution >= 0.6 is 0 Å². The smallest absolute Gasteiger partial charge is 0.394 e. The highest BCUT2D eigenvalue weighted by Gasteiger charge is 2.11. The number of hydrogen-bond donors (Lipinski definition) is 4. The van der Waals surface area contributed by atoms with E-state index in [4.69, 9.17) is 22.3 Å². The lowest BCUT2D eigenvalue weighted by Crippen LogP contribution is -1.94. The van der Waals surface area contributed by atoms with Crippen LogP contribution in [0.15, 0.2) is 158 Å². The fourth-order valence-corrected chi connectivity index (χ4v) is 5.05. The SMILES string of the molecule is C(=Cc1cccc(Oc2cccc(C=Cc3ccccc3)c2C=Cc2ccccc2)c1C=Cc1ccccc1)c1ccccc1.N.N.O=S(=O)(O)O. The van der Waals surface area contributed by atoms with Crippen LogP contribution in [0.3, 0.4) is 0 Å². The van der Waals surface area contributed by atoms with Crippen molar-refractivity contribution < 1.29 is 22.3 Å². The monoisotopic (exact) mass is 710 g/mol. The predicted octanol–water partition coefficient (Wildman–Crippen LogP) is 11.8. The topological polar surface area (TPSA) is 154 Å². The van der Waals surface area contributed by atoms with E-state index < -0.39 is 10.4 Å². The van der Waals surface area contributed by atoms with Crippen molar-refractivity contribution in [2.75, 3.05) is 0 Å². The zero-order valence-corrected chi connectivity index (χ0v) is 29.4. The van der Waals surface area contributed by atoms with Crippen molar-refractivity contribution in [2.45, 2.75) is 0 Å².